The second-order valence-electron chi connectivity index (χ2n) is 9.27. The van der Waals surface area contributed by atoms with Crippen molar-refractivity contribution in [3.8, 4) is 11.9 Å². The number of rotatable bonds is 14. The molecule has 1 amide bonds. The highest BCUT2D eigenvalue weighted by atomic mass is 16.5. The molecule has 0 aromatic heterocycles. The Labute approximate surface area is 221 Å². The number of nitrogens with one attached hydrogen (secondary N) is 3. The molecule has 2 aromatic rings. The highest BCUT2D eigenvalue weighted by molar-refractivity contribution is 5.81. The molecule has 1 aliphatic heterocycles. The van der Waals surface area contributed by atoms with Gasteiger partial charge in [-0.25, -0.2) is 0 Å². The molecule has 1 saturated heterocycles. The molecule has 8 heteroatoms. The Morgan fingerprint density at radius 2 is 1.76 bits per heavy atom. The van der Waals surface area contributed by atoms with Crippen molar-refractivity contribution in [3.63, 3.8) is 0 Å². The van der Waals surface area contributed by atoms with Crippen LogP contribution in [0.25, 0.3) is 0 Å². The van der Waals surface area contributed by atoms with Gasteiger partial charge in [0.1, 0.15) is 5.75 Å². The third-order valence-corrected chi connectivity index (χ3v) is 6.22. The molecule has 2 aromatic carbocycles. The number of ether oxygens (including phenoxy) is 1. The van der Waals surface area contributed by atoms with Crippen molar-refractivity contribution >= 4 is 11.9 Å². The van der Waals surface area contributed by atoms with Crippen molar-refractivity contribution in [1.29, 1.82) is 5.26 Å². The summed E-state index contributed by atoms with van der Waals surface area (Å²) >= 11 is 0. The molecular weight excluding hydrogens is 464 g/mol. The molecule has 1 aliphatic rings. The smallest absolute Gasteiger partial charge is 0.220 e. The van der Waals surface area contributed by atoms with Crippen molar-refractivity contribution in [1.82, 2.24) is 20.9 Å². The number of hydrogen-bond donors (Lipinski definition) is 3. The Balaban J connectivity index is 1.27. The number of aliphatic imine (C=N–C) groups is 1. The number of aryl methyl sites for hydroxylation is 1. The summed E-state index contributed by atoms with van der Waals surface area (Å²) in [5.74, 6) is 1.32. The van der Waals surface area contributed by atoms with Crippen molar-refractivity contribution in [3.05, 3.63) is 65.7 Å². The maximum absolute atomic E-state index is 12.0. The number of carbonyl (C=O) groups is 1. The SMILES string of the molecule is N#CNC(=NCCCOc1cccc(CN2CCCCC2)c1)NCCNC(=O)CCCc1ccccc1. The third kappa shape index (κ3) is 11.8. The van der Waals surface area contributed by atoms with Gasteiger partial charge in [0.05, 0.1) is 6.61 Å². The fraction of sp³-hybridized carbons (Fsp3) is 0.483. The molecule has 0 atom stereocenters. The van der Waals surface area contributed by atoms with Crippen LogP contribution < -0.4 is 20.7 Å². The summed E-state index contributed by atoms with van der Waals surface area (Å²) < 4.78 is 5.92. The summed E-state index contributed by atoms with van der Waals surface area (Å²) in [6.07, 6.45) is 8.75. The van der Waals surface area contributed by atoms with Gasteiger partial charge in [0.2, 0.25) is 11.9 Å². The number of piperidine rings is 1. The van der Waals surface area contributed by atoms with Crippen LogP contribution in [0.15, 0.2) is 59.6 Å². The second-order valence-corrected chi connectivity index (χ2v) is 9.27. The maximum Gasteiger partial charge on any atom is 0.220 e. The summed E-state index contributed by atoms with van der Waals surface area (Å²) in [7, 11) is 0. The largest absolute Gasteiger partial charge is 0.494 e. The van der Waals surface area contributed by atoms with Crippen molar-refractivity contribution < 1.29 is 9.53 Å². The highest BCUT2D eigenvalue weighted by Crippen LogP contribution is 2.17. The Morgan fingerprint density at radius 1 is 0.973 bits per heavy atom. The van der Waals surface area contributed by atoms with Crippen LogP contribution in [0.2, 0.25) is 0 Å². The van der Waals surface area contributed by atoms with E-state index >= 15 is 0 Å². The molecule has 0 aliphatic carbocycles. The molecule has 0 bridgehead atoms. The Kier molecular flexibility index (Phi) is 12.9. The van der Waals surface area contributed by atoms with Gasteiger partial charge in [-0.1, -0.05) is 48.9 Å². The lowest BCUT2D eigenvalue weighted by molar-refractivity contribution is -0.121. The molecule has 1 heterocycles. The lowest BCUT2D eigenvalue weighted by atomic mass is 10.1. The van der Waals surface area contributed by atoms with Crippen LogP contribution in [0.3, 0.4) is 0 Å². The van der Waals surface area contributed by atoms with Crippen molar-refractivity contribution in [2.75, 3.05) is 39.3 Å². The quantitative estimate of drug-likeness (QED) is 0.119. The summed E-state index contributed by atoms with van der Waals surface area (Å²) in [6, 6.07) is 18.5. The van der Waals surface area contributed by atoms with E-state index < -0.39 is 0 Å². The van der Waals surface area contributed by atoms with Gasteiger partial charge in [0.25, 0.3) is 0 Å². The first-order valence-electron chi connectivity index (χ1n) is 13.4. The van der Waals surface area contributed by atoms with Gasteiger partial charge in [0, 0.05) is 39.0 Å². The molecule has 0 radical (unpaired) electrons. The predicted molar refractivity (Wildman–Crippen MR) is 147 cm³/mol. The topological polar surface area (TPSA) is 102 Å². The summed E-state index contributed by atoms with van der Waals surface area (Å²) in [4.78, 5) is 18.9. The summed E-state index contributed by atoms with van der Waals surface area (Å²) in [5, 5.41) is 17.5. The number of guanidine groups is 1. The number of benzene rings is 2. The average molecular weight is 505 g/mol. The Hall–Kier alpha value is -3.57. The van der Waals surface area contributed by atoms with Gasteiger partial charge in [0.15, 0.2) is 6.19 Å². The van der Waals surface area contributed by atoms with E-state index in [1.165, 1.54) is 43.5 Å². The van der Waals surface area contributed by atoms with E-state index in [0.29, 0.717) is 38.6 Å². The van der Waals surface area contributed by atoms with Crippen LogP contribution in [0.5, 0.6) is 5.75 Å². The first-order chi connectivity index (χ1) is 18.2. The number of likely N-dealkylation sites (tertiary alicyclic amines) is 1. The van der Waals surface area contributed by atoms with Gasteiger partial charge in [-0.15, -0.1) is 0 Å². The number of amides is 1. The molecule has 8 nitrogen and oxygen atoms in total. The first kappa shape index (κ1) is 28.0. The van der Waals surface area contributed by atoms with Crippen molar-refractivity contribution in [2.45, 2.75) is 51.5 Å². The molecule has 0 saturated carbocycles. The second kappa shape index (κ2) is 17.0. The minimum Gasteiger partial charge on any atom is -0.494 e. The lowest BCUT2D eigenvalue weighted by Crippen LogP contribution is -2.40. The Bertz CT molecular complexity index is 999. The molecule has 3 N–H and O–H groups in total. The van der Waals surface area contributed by atoms with Crippen LogP contribution >= 0.6 is 0 Å². The molecule has 37 heavy (non-hydrogen) atoms. The van der Waals surface area contributed by atoms with Crippen LogP contribution in [-0.2, 0) is 17.8 Å². The standard InChI is InChI=1S/C29H40N6O2/c30-24-34-29(33-18-17-31-28(36)15-8-12-25-10-3-1-4-11-25)32-16-9-21-37-27-14-7-13-26(22-27)23-35-19-5-2-6-20-35/h1,3-4,7,10-11,13-14,22H,2,5-6,8-9,12,15-21,23H2,(H,31,36)(H2,32,33,34). The molecule has 0 unspecified atom stereocenters. The van der Waals surface area contributed by atoms with E-state index in [-0.39, 0.29) is 5.91 Å². The highest BCUT2D eigenvalue weighted by Gasteiger charge is 2.10. The normalized spacial score (nSPS) is 14.0. The van der Waals surface area contributed by atoms with Gasteiger partial charge < -0.3 is 15.4 Å². The fourth-order valence-electron chi connectivity index (χ4n) is 4.32. The van der Waals surface area contributed by atoms with E-state index in [2.05, 4.69) is 50.1 Å². The summed E-state index contributed by atoms with van der Waals surface area (Å²) in [5.41, 5.74) is 2.53. The number of carbonyl (C=O) groups excluding carboxylic acids is 1. The zero-order valence-corrected chi connectivity index (χ0v) is 21.8. The predicted octanol–water partition coefficient (Wildman–Crippen LogP) is 3.60. The van der Waals surface area contributed by atoms with Gasteiger partial charge in [-0.3, -0.25) is 20.0 Å². The van der Waals surface area contributed by atoms with E-state index in [1.807, 2.05) is 36.5 Å². The first-order valence-corrected chi connectivity index (χ1v) is 13.4. The van der Waals surface area contributed by atoms with E-state index in [0.717, 1.165) is 31.6 Å². The van der Waals surface area contributed by atoms with Crippen LogP contribution in [-0.4, -0.2) is 56.1 Å². The van der Waals surface area contributed by atoms with E-state index in [9.17, 15) is 4.79 Å². The molecule has 1 fully saturated rings. The molecular formula is C29H40N6O2. The zero-order chi connectivity index (χ0) is 26.0. The van der Waals surface area contributed by atoms with E-state index in [4.69, 9.17) is 10.00 Å². The van der Waals surface area contributed by atoms with Gasteiger partial charge >= 0.3 is 0 Å². The number of nitriles is 1. The van der Waals surface area contributed by atoms with Crippen LogP contribution in [0.1, 0.15) is 49.7 Å². The maximum atomic E-state index is 12.0. The van der Waals surface area contributed by atoms with Crippen LogP contribution in [0, 0.1) is 11.5 Å². The Morgan fingerprint density at radius 3 is 2.57 bits per heavy atom. The average Bonchev–Trinajstić information content (AvgIpc) is 2.92. The minimum absolute atomic E-state index is 0.0293. The molecule has 0 spiro atoms. The van der Waals surface area contributed by atoms with Crippen LogP contribution in [0.4, 0.5) is 0 Å². The lowest BCUT2D eigenvalue weighted by Gasteiger charge is -2.26. The molecule has 3 rings (SSSR count). The number of hydrogen-bond acceptors (Lipinski definition) is 5. The third-order valence-electron chi connectivity index (χ3n) is 6.22. The molecule has 198 valence electrons. The van der Waals surface area contributed by atoms with Crippen molar-refractivity contribution in [2.24, 2.45) is 4.99 Å². The minimum atomic E-state index is 0.0293. The van der Waals surface area contributed by atoms with E-state index in [1.54, 1.807) is 0 Å². The fourth-order valence-corrected chi connectivity index (χ4v) is 4.32. The van der Waals surface area contributed by atoms with Gasteiger partial charge in [-0.2, -0.15) is 5.26 Å². The monoisotopic (exact) mass is 504 g/mol. The van der Waals surface area contributed by atoms with Gasteiger partial charge in [-0.05, 0) is 62.0 Å². The zero-order valence-electron chi connectivity index (χ0n) is 21.8. The summed E-state index contributed by atoms with van der Waals surface area (Å²) in [6.45, 7) is 5.36. The number of nitrogens with zero attached hydrogens (tertiary/aromatic N) is 3.